The molecular formula is C16H19BrN2O2. The van der Waals surface area contributed by atoms with Gasteiger partial charge in [0.05, 0.1) is 12.6 Å². The number of aromatic nitrogens is 1. The van der Waals surface area contributed by atoms with Crippen LogP contribution in [0.15, 0.2) is 47.1 Å². The van der Waals surface area contributed by atoms with Gasteiger partial charge in [0.25, 0.3) is 5.91 Å². The minimum Gasteiger partial charge on any atom is -0.394 e. The molecule has 1 atom stereocenters. The molecule has 0 radical (unpaired) electrons. The Bertz CT molecular complexity index is 608. The van der Waals surface area contributed by atoms with Crippen molar-refractivity contribution in [1.29, 1.82) is 0 Å². The lowest BCUT2D eigenvalue weighted by molar-refractivity contribution is 0.0905. The molecule has 0 spiro atoms. The summed E-state index contributed by atoms with van der Waals surface area (Å²) in [6.45, 7) is 3.90. The molecule has 0 bridgehead atoms. The minimum atomic E-state index is -0.409. The van der Waals surface area contributed by atoms with Crippen LogP contribution < -0.4 is 5.32 Å². The monoisotopic (exact) mass is 350 g/mol. The average Bonchev–Trinajstić information content (AvgIpc) is 2.88. The van der Waals surface area contributed by atoms with E-state index in [4.69, 9.17) is 0 Å². The summed E-state index contributed by atoms with van der Waals surface area (Å²) in [5.41, 5.74) is 1.46. The molecule has 0 saturated carbocycles. The lowest BCUT2D eigenvalue weighted by atomic mass is 10.1. The first-order valence-electron chi connectivity index (χ1n) is 6.87. The first kappa shape index (κ1) is 15.8. The zero-order chi connectivity index (χ0) is 15.4. The smallest absolute Gasteiger partial charge is 0.268 e. The normalized spacial score (nSPS) is 12.4. The summed E-state index contributed by atoms with van der Waals surface area (Å²) < 4.78 is 2.76. The van der Waals surface area contributed by atoms with E-state index in [0.717, 1.165) is 10.0 Å². The van der Waals surface area contributed by atoms with Crippen LogP contribution in [-0.2, 0) is 0 Å². The summed E-state index contributed by atoms with van der Waals surface area (Å²) in [7, 11) is 0. The van der Waals surface area contributed by atoms with Crippen molar-refractivity contribution in [3.05, 3.63) is 58.3 Å². The number of halogens is 1. The fourth-order valence-electron chi connectivity index (χ4n) is 2.21. The summed E-state index contributed by atoms with van der Waals surface area (Å²) in [6, 6.07) is 11.0. The predicted octanol–water partition coefficient (Wildman–Crippen LogP) is 3.29. The number of benzene rings is 1. The summed E-state index contributed by atoms with van der Waals surface area (Å²) in [5.74, 6) is -0.197. The summed E-state index contributed by atoms with van der Waals surface area (Å²) in [5, 5.41) is 12.4. The van der Waals surface area contributed by atoms with Crippen molar-refractivity contribution in [3.63, 3.8) is 0 Å². The van der Waals surface area contributed by atoms with Crippen LogP contribution in [0.25, 0.3) is 0 Å². The van der Waals surface area contributed by atoms with Crippen LogP contribution >= 0.6 is 15.9 Å². The lowest BCUT2D eigenvalue weighted by Gasteiger charge is -2.18. The topological polar surface area (TPSA) is 54.3 Å². The molecule has 4 nitrogen and oxygen atoms in total. The van der Waals surface area contributed by atoms with Crippen LogP contribution in [0.1, 0.15) is 42.0 Å². The maximum absolute atomic E-state index is 12.5. The third kappa shape index (κ3) is 3.74. The SMILES string of the molecule is CC(C)n1cc(Br)cc1C(=O)N[C@@H](CO)c1ccccc1. The molecule has 0 aliphatic heterocycles. The highest BCUT2D eigenvalue weighted by atomic mass is 79.9. The summed E-state index contributed by atoms with van der Waals surface area (Å²) >= 11 is 3.40. The summed E-state index contributed by atoms with van der Waals surface area (Å²) in [6.07, 6.45) is 1.88. The van der Waals surface area contributed by atoms with Crippen molar-refractivity contribution in [1.82, 2.24) is 9.88 Å². The fraction of sp³-hybridized carbons (Fsp3) is 0.312. The quantitative estimate of drug-likeness (QED) is 0.869. The second-order valence-electron chi connectivity index (χ2n) is 5.16. The van der Waals surface area contributed by atoms with E-state index in [1.165, 1.54) is 0 Å². The summed E-state index contributed by atoms with van der Waals surface area (Å²) in [4.78, 5) is 12.5. The lowest BCUT2D eigenvalue weighted by Crippen LogP contribution is -2.32. The van der Waals surface area contributed by atoms with Gasteiger partial charge in [-0.05, 0) is 41.4 Å². The second kappa shape index (κ2) is 6.91. The highest BCUT2D eigenvalue weighted by Gasteiger charge is 2.19. The van der Waals surface area contributed by atoms with E-state index in [1.54, 1.807) is 6.07 Å². The molecule has 2 N–H and O–H groups in total. The molecule has 0 unspecified atom stereocenters. The van der Waals surface area contributed by atoms with Gasteiger partial charge in [0.1, 0.15) is 5.69 Å². The Balaban J connectivity index is 2.21. The minimum absolute atomic E-state index is 0.140. The van der Waals surface area contributed by atoms with Crippen molar-refractivity contribution in [2.75, 3.05) is 6.61 Å². The molecule has 5 heteroatoms. The molecule has 0 aliphatic carbocycles. The van der Waals surface area contributed by atoms with E-state index >= 15 is 0 Å². The number of aliphatic hydroxyl groups excluding tert-OH is 1. The van der Waals surface area contributed by atoms with E-state index in [2.05, 4.69) is 21.2 Å². The van der Waals surface area contributed by atoms with Crippen LogP contribution in [0.4, 0.5) is 0 Å². The number of rotatable bonds is 5. The first-order chi connectivity index (χ1) is 10.0. The Kier molecular flexibility index (Phi) is 5.20. The van der Waals surface area contributed by atoms with Gasteiger partial charge in [-0.25, -0.2) is 0 Å². The number of aliphatic hydroxyl groups is 1. The third-order valence-electron chi connectivity index (χ3n) is 3.29. The van der Waals surface area contributed by atoms with Gasteiger partial charge in [-0.3, -0.25) is 4.79 Å². The molecule has 0 aliphatic rings. The van der Waals surface area contributed by atoms with Crippen molar-refractivity contribution in [3.8, 4) is 0 Å². The van der Waals surface area contributed by atoms with E-state index in [1.807, 2.05) is 54.9 Å². The Morgan fingerprint density at radius 1 is 1.33 bits per heavy atom. The molecule has 0 saturated heterocycles. The average molecular weight is 351 g/mol. The standard InChI is InChI=1S/C16H19BrN2O2/c1-11(2)19-9-13(17)8-15(19)16(21)18-14(10-20)12-6-4-3-5-7-12/h3-9,11,14,20H,10H2,1-2H3,(H,18,21)/t14-/m0/s1. The van der Waals surface area contributed by atoms with Crippen molar-refractivity contribution in [2.45, 2.75) is 25.9 Å². The number of nitrogens with zero attached hydrogens (tertiary/aromatic N) is 1. The molecule has 1 heterocycles. The van der Waals surface area contributed by atoms with Gasteiger partial charge < -0.3 is 15.0 Å². The van der Waals surface area contributed by atoms with Gasteiger partial charge in [-0.1, -0.05) is 30.3 Å². The van der Waals surface area contributed by atoms with Gasteiger partial charge in [0, 0.05) is 16.7 Å². The van der Waals surface area contributed by atoms with E-state index in [9.17, 15) is 9.90 Å². The number of nitrogens with one attached hydrogen (secondary N) is 1. The van der Waals surface area contributed by atoms with E-state index < -0.39 is 6.04 Å². The van der Waals surface area contributed by atoms with Crippen LogP contribution in [0, 0.1) is 0 Å². The van der Waals surface area contributed by atoms with Crippen LogP contribution in [0.5, 0.6) is 0 Å². The highest BCUT2D eigenvalue weighted by molar-refractivity contribution is 9.10. The van der Waals surface area contributed by atoms with Gasteiger partial charge in [0.2, 0.25) is 0 Å². The van der Waals surface area contributed by atoms with Crippen LogP contribution in [-0.4, -0.2) is 22.2 Å². The number of carbonyl (C=O) groups is 1. The molecule has 112 valence electrons. The highest BCUT2D eigenvalue weighted by Crippen LogP contribution is 2.20. The van der Waals surface area contributed by atoms with Crippen molar-refractivity contribution in [2.24, 2.45) is 0 Å². The zero-order valence-corrected chi connectivity index (χ0v) is 13.7. The fourth-order valence-corrected chi connectivity index (χ4v) is 2.64. The van der Waals surface area contributed by atoms with E-state index in [-0.39, 0.29) is 18.6 Å². The molecule has 1 aromatic heterocycles. The molecule has 21 heavy (non-hydrogen) atoms. The van der Waals surface area contributed by atoms with Crippen LogP contribution in [0.3, 0.4) is 0 Å². The maximum atomic E-state index is 12.5. The Morgan fingerprint density at radius 3 is 2.57 bits per heavy atom. The van der Waals surface area contributed by atoms with Crippen molar-refractivity contribution < 1.29 is 9.90 Å². The first-order valence-corrected chi connectivity index (χ1v) is 7.66. The van der Waals surface area contributed by atoms with Gasteiger partial charge in [-0.15, -0.1) is 0 Å². The Hall–Kier alpha value is -1.59. The number of amides is 1. The number of hydrogen-bond donors (Lipinski definition) is 2. The molecule has 2 aromatic rings. The number of carbonyl (C=O) groups excluding carboxylic acids is 1. The predicted molar refractivity (Wildman–Crippen MR) is 86.3 cm³/mol. The van der Waals surface area contributed by atoms with Crippen molar-refractivity contribution >= 4 is 21.8 Å². The molecule has 2 rings (SSSR count). The largest absolute Gasteiger partial charge is 0.394 e. The zero-order valence-electron chi connectivity index (χ0n) is 12.1. The molecule has 1 aromatic carbocycles. The van der Waals surface area contributed by atoms with Gasteiger partial charge >= 0.3 is 0 Å². The molecular weight excluding hydrogens is 332 g/mol. The van der Waals surface area contributed by atoms with E-state index in [0.29, 0.717) is 5.69 Å². The molecule has 1 amide bonds. The maximum Gasteiger partial charge on any atom is 0.268 e. The molecule has 0 fully saturated rings. The van der Waals surface area contributed by atoms with Crippen LogP contribution in [0.2, 0.25) is 0 Å². The Labute approximate surface area is 132 Å². The third-order valence-corrected chi connectivity index (χ3v) is 3.73. The van der Waals surface area contributed by atoms with Gasteiger partial charge in [-0.2, -0.15) is 0 Å². The number of hydrogen-bond acceptors (Lipinski definition) is 2. The Morgan fingerprint density at radius 2 is 2.00 bits per heavy atom. The second-order valence-corrected chi connectivity index (χ2v) is 6.08. The van der Waals surface area contributed by atoms with Gasteiger partial charge in [0.15, 0.2) is 0 Å².